The van der Waals surface area contributed by atoms with E-state index in [0.29, 0.717) is 22.7 Å². The van der Waals surface area contributed by atoms with Crippen LogP contribution in [0, 0.1) is 0 Å². The van der Waals surface area contributed by atoms with E-state index in [0.717, 1.165) is 0 Å². The number of carbonyl (C=O) groups excluding carboxylic acids is 1. The highest BCUT2D eigenvalue weighted by molar-refractivity contribution is 7.92. The molecule has 0 fully saturated rings. The van der Waals surface area contributed by atoms with Crippen LogP contribution in [0.5, 0.6) is 11.5 Å². The first-order valence-corrected chi connectivity index (χ1v) is 9.26. The van der Waals surface area contributed by atoms with Gasteiger partial charge in [0, 0.05) is 13.5 Å². The minimum atomic E-state index is -3.74. The zero-order valence-electron chi connectivity index (χ0n) is 14.2. The third-order valence-electron chi connectivity index (χ3n) is 4.42. The highest BCUT2D eigenvalue weighted by Gasteiger charge is 2.38. The van der Waals surface area contributed by atoms with Crippen molar-refractivity contribution in [3.63, 3.8) is 0 Å². The first-order valence-electron chi connectivity index (χ1n) is 7.71. The molecule has 3 rings (SSSR count). The van der Waals surface area contributed by atoms with Crippen LogP contribution in [0.15, 0.2) is 47.4 Å². The smallest absolute Gasteiger partial charge is 0.228 e. The number of carbonyl (C=O) groups is 1. The van der Waals surface area contributed by atoms with Crippen molar-refractivity contribution in [1.82, 2.24) is 0 Å². The molecule has 7 heteroatoms. The van der Waals surface area contributed by atoms with E-state index in [1.165, 1.54) is 25.2 Å². The predicted octanol–water partition coefficient (Wildman–Crippen LogP) is 2.59. The fourth-order valence-electron chi connectivity index (χ4n) is 3.02. The van der Waals surface area contributed by atoms with Gasteiger partial charge in [0.1, 0.15) is 0 Å². The molecule has 0 N–H and O–H groups in total. The first kappa shape index (κ1) is 17.3. The van der Waals surface area contributed by atoms with E-state index in [4.69, 9.17) is 9.47 Å². The lowest BCUT2D eigenvalue weighted by molar-refractivity contribution is -0.118. The van der Waals surface area contributed by atoms with Crippen LogP contribution in [-0.4, -0.2) is 35.6 Å². The lowest BCUT2D eigenvalue weighted by Gasteiger charge is -2.17. The van der Waals surface area contributed by atoms with Crippen LogP contribution >= 0.6 is 0 Å². The summed E-state index contributed by atoms with van der Waals surface area (Å²) in [7, 11) is 0.841. The van der Waals surface area contributed by atoms with Crippen molar-refractivity contribution in [2.45, 2.75) is 16.6 Å². The molecular formula is C18H19NO5S. The first-order chi connectivity index (χ1) is 11.9. The predicted molar refractivity (Wildman–Crippen MR) is 93.9 cm³/mol. The summed E-state index contributed by atoms with van der Waals surface area (Å²) in [5, 5.41) is -0.981. The van der Waals surface area contributed by atoms with Crippen molar-refractivity contribution in [2.75, 3.05) is 26.2 Å². The number of fused-ring (bicyclic) bond motifs is 1. The summed E-state index contributed by atoms with van der Waals surface area (Å²) >= 11 is 0. The molecule has 0 spiro atoms. The van der Waals surface area contributed by atoms with E-state index in [-0.39, 0.29) is 17.2 Å². The van der Waals surface area contributed by atoms with Crippen molar-refractivity contribution in [1.29, 1.82) is 0 Å². The maximum atomic E-state index is 13.2. The number of benzene rings is 2. The number of hydrogen-bond acceptors (Lipinski definition) is 5. The molecule has 0 saturated heterocycles. The minimum absolute atomic E-state index is 0.136. The lowest BCUT2D eigenvalue weighted by atomic mass is 10.1. The quantitative estimate of drug-likeness (QED) is 0.840. The highest BCUT2D eigenvalue weighted by atomic mass is 32.2. The van der Waals surface area contributed by atoms with Gasteiger partial charge in [0.05, 0.1) is 30.1 Å². The fourth-order valence-corrected chi connectivity index (χ4v) is 4.96. The molecule has 1 heterocycles. The SMILES string of the molecule is COc1ccc([C@@H]2CC(=O)N(C)c3ccccc3S2(=O)=O)cc1OC. The monoisotopic (exact) mass is 361 g/mol. The molecule has 1 amide bonds. The molecule has 0 aliphatic carbocycles. The Kier molecular flexibility index (Phi) is 4.43. The maximum Gasteiger partial charge on any atom is 0.228 e. The van der Waals surface area contributed by atoms with Gasteiger partial charge >= 0.3 is 0 Å². The van der Waals surface area contributed by atoms with Gasteiger partial charge in [-0.25, -0.2) is 8.42 Å². The number of nitrogens with zero attached hydrogens (tertiary/aromatic N) is 1. The standard InChI is InChI=1S/C18H19NO5S/c1-19-13-6-4-5-7-16(13)25(21,22)17(11-18(19)20)12-8-9-14(23-2)15(10-12)24-3/h4-10,17H,11H2,1-3H3/t17-/m0/s1. The molecule has 2 aromatic carbocycles. The summed E-state index contributed by atoms with van der Waals surface area (Å²) in [5.74, 6) is 0.669. The number of ether oxygens (including phenoxy) is 2. The van der Waals surface area contributed by atoms with Crippen LogP contribution < -0.4 is 14.4 Å². The largest absolute Gasteiger partial charge is 0.493 e. The van der Waals surface area contributed by atoms with Gasteiger partial charge in [0.2, 0.25) is 5.91 Å². The summed E-state index contributed by atoms with van der Waals surface area (Å²) in [5.41, 5.74) is 0.895. The van der Waals surface area contributed by atoms with Gasteiger partial charge in [-0.1, -0.05) is 18.2 Å². The third-order valence-corrected chi connectivity index (χ3v) is 6.57. The molecule has 132 valence electrons. The van der Waals surface area contributed by atoms with Crippen LogP contribution in [0.3, 0.4) is 0 Å². The summed E-state index contributed by atoms with van der Waals surface area (Å²) < 4.78 is 36.9. The van der Waals surface area contributed by atoms with Crippen molar-refractivity contribution < 1.29 is 22.7 Å². The Morgan fingerprint density at radius 3 is 2.40 bits per heavy atom. The van der Waals surface area contributed by atoms with Crippen molar-refractivity contribution in [3.8, 4) is 11.5 Å². The van der Waals surface area contributed by atoms with Crippen LogP contribution in [0.4, 0.5) is 5.69 Å². The third kappa shape index (κ3) is 2.84. The van der Waals surface area contributed by atoms with Gasteiger partial charge in [-0.05, 0) is 29.8 Å². The number of anilines is 1. The van der Waals surface area contributed by atoms with E-state index in [2.05, 4.69) is 0 Å². The molecular weight excluding hydrogens is 342 g/mol. The zero-order chi connectivity index (χ0) is 18.2. The average Bonchev–Trinajstić information content (AvgIpc) is 2.70. The molecule has 1 aliphatic rings. The molecule has 1 atom stereocenters. The van der Waals surface area contributed by atoms with Crippen LogP contribution in [0.25, 0.3) is 0 Å². The van der Waals surface area contributed by atoms with E-state index >= 15 is 0 Å². The van der Waals surface area contributed by atoms with Crippen LogP contribution in [0.2, 0.25) is 0 Å². The van der Waals surface area contributed by atoms with Gasteiger partial charge < -0.3 is 14.4 Å². The summed E-state index contributed by atoms with van der Waals surface area (Å²) in [6.45, 7) is 0. The fraction of sp³-hybridized carbons (Fsp3) is 0.278. The average molecular weight is 361 g/mol. The van der Waals surface area contributed by atoms with Gasteiger partial charge in [0.15, 0.2) is 21.3 Å². The van der Waals surface area contributed by atoms with Gasteiger partial charge in [-0.2, -0.15) is 0 Å². The van der Waals surface area contributed by atoms with E-state index in [1.54, 1.807) is 43.4 Å². The lowest BCUT2D eigenvalue weighted by Crippen LogP contribution is -2.26. The molecule has 0 saturated carbocycles. The van der Waals surface area contributed by atoms with Crippen LogP contribution in [0.1, 0.15) is 17.2 Å². The Morgan fingerprint density at radius 2 is 1.72 bits per heavy atom. The van der Waals surface area contributed by atoms with Crippen molar-refractivity contribution in [3.05, 3.63) is 48.0 Å². The molecule has 0 bridgehead atoms. The number of sulfone groups is 1. The number of rotatable bonds is 3. The topological polar surface area (TPSA) is 72.9 Å². The number of para-hydroxylation sites is 1. The second-order valence-corrected chi connectivity index (χ2v) is 7.87. The van der Waals surface area contributed by atoms with Crippen LogP contribution in [-0.2, 0) is 14.6 Å². The normalized spacial score (nSPS) is 19.1. The second kappa shape index (κ2) is 6.40. The number of methoxy groups -OCH3 is 2. The Balaban J connectivity index is 2.19. The molecule has 0 aromatic heterocycles. The van der Waals surface area contributed by atoms with E-state index < -0.39 is 15.1 Å². The van der Waals surface area contributed by atoms with Crippen molar-refractivity contribution in [2.24, 2.45) is 0 Å². The van der Waals surface area contributed by atoms with Crippen molar-refractivity contribution >= 4 is 21.4 Å². The Bertz CT molecular complexity index is 923. The maximum absolute atomic E-state index is 13.2. The zero-order valence-corrected chi connectivity index (χ0v) is 15.0. The Labute approximate surface area is 146 Å². The molecule has 6 nitrogen and oxygen atoms in total. The highest BCUT2D eigenvalue weighted by Crippen LogP contribution is 2.42. The second-order valence-electron chi connectivity index (χ2n) is 5.77. The van der Waals surface area contributed by atoms with E-state index in [9.17, 15) is 13.2 Å². The molecule has 0 radical (unpaired) electrons. The number of hydrogen-bond donors (Lipinski definition) is 0. The van der Waals surface area contributed by atoms with Gasteiger partial charge in [0.25, 0.3) is 0 Å². The minimum Gasteiger partial charge on any atom is -0.493 e. The molecule has 1 aliphatic heterocycles. The summed E-state index contributed by atoms with van der Waals surface area (Å²) in [6, 6.07) is 11.5. The molecule has 2 aromatic rings. The molecule has 25 heavy (non-hydrogen) atoms. The number of amides is 1. The summed E-state index contributed by atoms with van der Waals surface area (Å²) in [6.07, 6.45) is -0.136. The Morgan fingerprint density at radius 1 is 1.04 bits per heavy atom. The Hall–Kier alpha value is -2.54. The summed E-state index contributed by atoms with van der Waals surface area (Å²) in [4.78, 5) is 14.1. The molecule has 0 unspecified atom stereocenters. The van der Waals surface area contributed by atoms with Gasteiger partial charge in [-0.15, -0.1) is 0 Å². The van der Waals surface area contributed by atoms with Gasteiger partial charge in [-0.3, -0.25) is 4.79 Å². The van der Waals surface area contributed by atoms with E-state index in [1.807, 2.05) is 0 Å².